The lowest BCUT2D eigenvalue weighted by Gasteiger charge is -2.18. The van der Waals surface area contributed by atoms with Crippen LogP contribution in [0.2, 0.25) is 0 Å². The molecule has 41 heavy (non-hydrogen) atoms. The van der Waals surface area contributed by atoms with Crippen molar-refractivity contribution in [1.82, 2.24) is 0 Å². The normalized spacial score (nSPS) is 11.8. The van der Waals surface area contributed by atoms with E-state index < -0.39 is 0 Å². The van der Waals surface area contributed by atoms with Crippen LogP contribution in [0, 0.1) is 0 Å². The van der Waals surface area contributed by atoms with E-state index >= 15 is 0 Å². The average molecular weight is 547 g/mol. The summed E-state index contributed by atoms with van der Waals surface area (Å²) in [5.41, 5.74) is 11.6. The Kier molecular flexibility index (Phi) is 11.3. The van der Waals surface area contributed by atoms with E-state index in [2.05, 4.69) is 172 Å². The average Bonchev–Trinajstić information content (AvgIpc) is 3.00. The minimum atomic E-state index is 0.776. The van der Waals surface area contributed by atoms with Crippen molar-refractivity contribution in [3.63, 3.8) is 0 Å². The lowest BCUT2D eigenvalue weighted by molar-refractivity contribution is 1.13. The molecule has 0 unspecified atom stereocenters. The van der Waals surface area contributed by atoms with Crippen molar-refractivity contribution < 1.29 is 0 Å². The molecule has 0 spiro atoms. The standard InChI is InChI=1S/C35H40N4.C2H6/c1-8-36-30-17-9-26(10-18-30)34(27-11-19-31(20-12-27)37(2)3)25-35(28-13-21-32(22-14-28)38(4)5)29-15-23-33(24-16-29)39(6)7;1-2/h9-25H,8H2,1-7H3;1-2H3. The number of anilines is 3. The molecule has 0 atom stereocenters. The van der Waals surface area contributed by atoms with Crippen molar-refractivity contribution in [2.24, 2.45) is 4.99 Å². The number of hydrogen-bond acceptors (Lipinski definition) is 4. The number of hydrogen-bond donors (Lipinski definition) is 0. The number of aliphatic imine (C=N–C) groups is 1. The molecule has 3 aromatic carbocycles. The summed E-state index contributed by atoms with van der Waals surface area (Å²) in [5.74, 6) is 0. The minimum Gasteiger partial charge on any atom is -0.378 e. The van der Waals surface area contributed by atoms with E-state index in [4.69, 9.17) is 0 Å². The van der Waals surface area contributed by atoms with Crippen LogP contribution in [0.25, 0.3) is 11.1 Å². The Morgan fingerprint density at radius 3 is 1.27 bits per heavy atom. The van der Waals surface area contributed by atoms with Gasteiger partial charge in [0.15, 0.2) is 0 Å². The van der Waals surface area contributed by atoms with E-state index in [1.54, 1.807) is 0 Å². The number of allylic oxidation sites excluding steroid dienone is 7. The van der Waals surface area contributed by atoms with E-state index in [9.17, 15) is 0 Å². The van der Waals surface area contributed by atoms with E-state index in [-0.39, 0.29) is 0 Å². The first-order chi connectivity index (χ1) is 19.8. The summed E-state index contributed by atoms with van der Waals surface area (Å²) >= 11 is 0. The highest BCUT2D eigenvalue weighted by Gasteiger charge is 2.13. The Bertz CT molecular complexity index is 1340. The number of nitrogens with zero attached hydrogens (tertiary/aromatic N) is 4. The minimum absolute atomic E-state index is 0.776. The van der Waals surface area contributed by atoms with Crippen LogP contribution in [0.1, 0.15) is 37.5 Å². The molecule has 0 N–H and O–H groups in total. The fourth-order valence-electron chi connectivity index (χ4n) is 4.56. The van der Waals surface area contributed by atoms with Gasteiger partial charge in [0.1, 0.15) is 0 Å². The molecular weight excluding hydrogens is 500 g/mol. The van der Waals surface area contributed by atoms with Gasteiger partial charge in [-0.2, -0.15) is 0 Å². The predicted molar refractivity (Wildman–Crippen MR) is 184 cm³/mol. The largest absolute Gasteiger partial charge is 0.378 e. The van der Waals surface area contributed by atoms with Gasteiger partial charge < -0.3 is 14.7 Å². The second-order valence-electron chi connectivity index (χ2n) is 10.3. The maximum Gasteiger partial charge on any atom is 0.0574 e. The topological polar surface area (TPSA) is 22.1 Å². The van der Waals surface area contributed by atoms with E-state index in [1.807, 2.05) is 13.8 Å². The number of benzene rings is 3. The van der Waals surface area contributed by atoms with Crippen molar-refractivity contribution in [2.45, 2.75) is 20.8 Å². The second-order valence-corrected chi connectivity index (χ2v) is 10.3. The molecule has 4 nitrogen and oxygen atoms in total. The molecule has 0 radical (unpaired) electrons. The molecule has 1 aliphatic rings. The van der Waals surface area contributed by atoms with Crippen LogP contribution in [0.3, 0.4) is 0 Å². The van der Waals surface area contributed by atoms with Crippen LogP contribution in [0.5, 0.6) is 0 Å². The van der Waals surface area contributed by atoms with Crippen LogP contribution >= 0.6 is 0 Å². The van der Waals surface area contributed by atoms with Crippen LogP contribution in [-0.4, -0.2) is 54.5 Å². The van der Waals surface area contributed by atoms with Crippen LogP contribution in [0.15, 0.2) is 114 Å². The van der Waals surface area contributed by atoms with Gasteiger partial charge >= 0.3 is 0 Å². The third-order valence-corrected chi connectivity index (χ3v) is 6.89. The SMILES string of the molecule is CC.CCN=C1C=CC(=C(C=C(c2ccc(N(C)C)cc2)c2ccc(N(C)C)cc2)c2ccc(N(C)C)cc2)C=C1. The molecule has 3 aromatic rings. The maximum absolute atomic E-state index is 4.57. The second kappa shape index (κ2) is 14.9. The fraction of sp³-hybridized carbons (Fsp3) is 0.270. The van der Waals surface area contributed by atoms with Gasteiger partial charge in [-0.15, -0.1) is 0 Å². The van der Waals surface area contributed by atoms with Crippen molar-refractivity contribution in [3.05, 3.63) is 125 Å². The smallest absolute Gasteiger partial charge is 0.0574 e. The van der Waals surface area contributed by atoms with Gasteiger partial charge in [-0.1, -0.05) is 62.4 Å². The van der Waals surface area contributed by atoms with E-state index in [0.717, 1.165) is 17.8 Å². The lowest BCUT2D eigenvalue weighted by atomic mass is 9.90. The summed E-state index contributed by atoms with van der Waals surface area (Å²) < 4.78 is 0. The zero-order valence-corrected chi connectivity index (χ0v) is 26.3. The summed E-state index contributed by atoms with van der Waals surface area (Å²) in [4.78, 5) is 11.0. The molecule has 0 bridgehead atoms. The summed E-state index contributed by atoms with van der Waals surface area (Å²) in [6.45, 7) is 6.84. The Morgan fingerprint density at radius 2 is 0.927 bits per heavy atom. The summed E-state index contributed by atoms with van der Waals surface area (Å²) in [7, 11) is 12.4. The Labute approximate surface area is 248 Å². The zero-order chi connectivity index (χ0) is 29.9. The molecule has 4 heteroatoms. The Hall–Kier alpha value is -4.31. The third kappa shape index (κ3) is 8.11. The van der Waals surface area contributed by atoms with Crippen molar-refractivity contribution in [2.75, 3.05) is 63.5 Å². The molecule has 0 heterocycles. The van der Waals surface area contributed by atoms with E-state index in [1.165, 1.54) is 44.9 Å². The van der Waals surface area contributed by atoms with Crippen molar-refractivity contribution in [1.29, 1.82) is 0 Å². The van der Waals surface area contributed by atoms with Gasteiger partial charge in [-0.25, -0.2) is 0 Å². The molecule has 0 amide bonds. The highest BCUT2D eigenvalue weighted by molar-refractivity contribution is 6.07. The van der Waals surface area contributed by atoms with Crippen molar-refractivity contribution >= 4 is 33.9 Å². The van der Waals surface area contributed by atoms with Gasteiger partial charge in [-0.3, -0.25) is 4.99 Å². The van der Waals surface area contributed by atoms with Crippen molar-refractivity contribution in [3.8, 4) is 0 Å². The summed E-state index contributed by atoms with van der Waals surface area (Å²) in [6.07, 6.45) is 10.9. The number of rotatable bonds is 8. The molecule has 4 rings (SSSR count). The molecular formula is C37H46N4. The van der Waals surface area contributed by atoms with Gasteiger partial charge in [0, 0.05) is 65.9 Å². The fourth-order valence-corrected chi connectivity index (χ4v) is 4.56. The monoisotopic (exact) mass is 546 g/mol. The maximum atomic E-state index is 4.57. The molecule has 0 saturated heterocycles. The molecule has 1 aliphatic carbocycles. The molecule has 0 saturated carbocycles. The zero-order valence-electron chi connectivity index (χ0n) is 26.3. The van der Waals surface area contributed by atoms with Gasteiger partial charge in [-0.05, 0) is 95.0 Å². The first-order valence-electron chi connectivity index (χ1n) is 14.5. The highest BCUT2D eigenvalue weighted by atomic mass is 15.1. The first-order valence-corrected chi connectivity index (χ1v) is 14.5. The highest BCUT2D eigenvalue weighted by Crippen LogP contribution is 2.33. The van der Waals surface area contributed by atoms with Crippen LogP contribution in [-0.2, 0) is 0 Å². The Morgan fingerprint density at radius 1 is 0.561 bits per heavy atom. The summed E-state index contributed by atoms with van der Waals surface area (Å²) in [5, 5.41) is 0. The summed E-state index contributed by atoms with van der Waals surface area (Å²) in [6, 6.07) is 26.4. The third-order valence-electron chi connectivity index (χ3n) is 6.89. The molecule has 214 valence electrons. The van der Waals surface area contributed by atoms with Gasteiger partial charge in [0.2, 0.25) is 0 Å². The quantitative estimate of drug-likeness (QED) is 0.283. The van der Waals surface area contributed by atoms with Crippen LogP contribution < -0.4 is 14.7 Å². The van der Waals surface area contributed by atoms with Gasteiger partial charge in [0.25, 0.3) is 0 Å². The predicted octanol–water partition coefficient (Wildman–Crippen LogP) is 8.38. The van der Waals surface area contributed by atoms with E-state index in [0.29, 0.717) is 0 Å². The first kappa shape index (κ1) is 31.2. The lowest BCUT2D eigenvalue weighted by Crippen LogP contribution is -2.08. The van der Waals surface area contributed by atoms with Gasteiger partial charge in [0.05, 0.1) is 5.71 Å². The van der Waals surface area contributed by atoms with Crippen LogP contribution in [0.4, 0.5) is 17.1 Å². The molecule has 0 aromatic heterocycles. The molecule has 0 fully saturated rings. The Balaban J connectivity index is 0.00000226. The molecule has 0 aliphatic heterocycles.